The van der Waals surface area contributed by atoms with Crippen LogP contribution in [-0.4, -0.2) is 37.8 Å². The monoisotopic (exact) mass is 405 g/mol. The summed E-state index contributed by atoms with van der Waals surface area (Å²) in [6.45, 7) is 0. The zero-order valence-electron chi connectivity index (χ0n) is 15.5. The number of nitrogens with one attached hydrogen (secondary N) is 1. The SMILES string of the molecule is COC(=O)c1cccc(S(=O)(=O)N[C@H]2CC[C@@H](c3ccc(O)cc3O)CC2)c1. The molecule has 8 heteroatoms. The van der Waals surface area contributed by atoms with E-state index in [4.69, 9.17) is 0 Å². The Labute approximate surface area is 164 Å². The molecule has 1 fully saturated rings. The van der Waals surface area contributed by atoms with Gasteiger partial charge in [0.05, 0.1) is 17.6 Å². The molecule has 28 heavy (non-hydrogen) atoms. The van der Waals surface area contributed by atoms with Gasteiger partial charge in [0.1, 0.15) is 11.5 Å². The number of ether oxygens (including phenoxy) is 1. The topological polar surface area (TPSA) is 113 Å². The lowest BCUT2D eigenvalue weighted by molar-refractivity contribution is 0.0600. The maximum Gasteiger partial charge on any atom is 0.337 e. The summed E-state index contributed by atoms with van der Waals surface area (Å²) in [5.74, 6) is -0.407. The molecule has 1 saturated carbocycles. The van der Waals surface area contributed by atoms with Crippen molar-refractivity contribution in [3.8, 4) is 11.5 Å². The summed E-state index contributed by atoms with van der Waals surface area (Å²) in [5, 5.41) is 19.4. The fourth-order valence-corrected chi connectivity index (χ4v) is 4.95. The molecule has 0 saturated heterocycles. The number of carbonyl (C=O) groups excluding carboxylic acids is 1. The molecule has 1 aliphatic rings. The van der Waals surface area contributed by atoms with Crippen LogP contribution < -0.4 is 4.72 Å². The molecular formula is C20H23NO6S. The van der Waals surface area contributed by atoms with Gasteiger partial charge in [0.15, 0.2) is 0 Å². The number of esters is 1. The van der Waals surface area contributed by atoms with Crippen LogP contribution in [0.1, 0.15) is 47.5 Å². The van der Waals surface area contributed by atoms with Gasteiger partial charge in [-0.05, 0) is 61.4 Å². The lowest BCUT2D eigenvalue weighted by Gasteiger charge is -2.29. The summed E-state index contributed by atoms with van der Waals surface area (Å²) in [5.41, 5.74) is 0.946. The number of rotatable bonds is 5. The first-order chi connectivity index (χ1) is 13.3. The van der Waals surface area contributed by atoms with Gasteiger partial charge >= 0.3 is 5.97 Å². The van der Waals surface area contributed by atoms with E-state index in [2.05, 4.69) is 9.46 Å². The van der Waals surface area contributed by atoms with Crippen molar-refractivity contribution in [3.05, 3.63) is 53.6 Å². The second kappa shape index (κ2) is 8.20. The van der Waals surface area contributed by atoms with Gasteiger partial charge in [0, 0.05) is 12.1 Å². The number of methoxy groups -OCH3 is 1. The van der Waals surface area contributed by atoms with E-state index in [-0.39, 0.29) is 33.9 Å². The maximum atomic E-state index is 12.7. The Morgan fingerprint density at radius 1 is 1.07 bits per heavy atom. The molecule has 0 heterocycles. The van der Waals surface area contributed by atoms with Crippen molar-refractivity contribution in [2.45, 2.75) is 42.5 Å². The van der Waals surface area contributed by atoms with E-state index in [9.17, 15) is 23.4 Å². The number of hydrogen-bond acceptors (Lipinski definition) is 6. The van der Waals surface area contributed by atoms with Gasteiger partial charge in [-0.25, -0.2) is 17.9 Å². The number of phenols is 2. The van der Waals surface area contributed by atoms with Crippen molar-refractivity contribution in [1.82, 2.24) is 4.72 Å². The van der Waals surface area contributed by atoms with E-state index >= 15 is 0 Å². The highest BCUT2D eigenvalue weighted by Crippen LogP contribution is 2.38. The molecule has 0 spiro atoms. The minimum absolute atomic E-state index is 0.0110. The van der Waals surface area contributed by atoms with Gasteiger partial charge in [-0.1, -0.05) is 12.1 Å². The van der Waals surface area contributed by atoms with Crippen molar-refractivity contribution in [2.75, 3.05) is 7.11 Å². The molecule has 2 aromatic carbocycles. The maximum absolute atomic E-state index is 12.7. The molecule has 7 nitrogen and oxygen atoms in total. The number of hydrogen-bond donors (Lipinski definition) is 3. The third-order valence-corrected chi connectivity index (χ3v) is 6.59. The Bertz CT molecular complexity index is 964. The molecule has 2 aromatic rings. The number of sulfonamides is 1. The molecule has 0 aliphatic heterocycles. The third-order valence-electron chi connectivity index (χ3n) is 5.07. The first-order valence-electron chi connectivity index (χ1n) is 9.03. The van der Waals surface area contributed by atoms with Crippen LogP contribution in [0, 0.1) is 0 Å². The highest BCUT2D eigenvalue weighted by atomic mass is 32.2. The predicted molar refractivity (Wildman–Crippen MR) is 103 cm³/mol. The quantitative estimate of drug-likeness (QED) is 0.659. The summed E-state index contributed by atoms with van der Waals surface area (Å²) >= 11 is 0. The molecule has 0 bridgehead atoms. The second-order valence-electron chi connectivity index (χ2n) is 6.93. The Hall–Kier alpha value is -2.58. The van der Waals surface area contributed by atoms with Crippen LogP contribution in [0.25, 0.3) is 0 Å². The highest BCUT2D eigenvalue weighted by molar-refractivity contribution is 7.89. The van der Waals surface area contributed by atoms with Crippen molar-refractivity contribution in [1.29, 1.82) is 0 Å². The van der Waals surface area contributed by atoms with Crippen LogP contribution >= 0.6 is 0 Å². The second-order valence-corrected chi connectivity index (χ2v) is 8.65. The van der Waals surface area contributed by atoms with E-state index < -0.39 is 16.0 Å². The van der Waals surface area contributed by atoms with Gasteiger partial charge in [-0.2, -0.15) is 0 Å². The zero-order valence-corrected chi connectivity index (χ0v) is 16.3. The number of benzene rings is 2. The summed E-state index contributed by atoms with van der Waals surface area (Å²) in [6, 6.07) is 10.1. The minimum atomic E-state index is -3.76. The van der Waals surface area contributed by atoms with Crippen LogP contribution in [-0.2, 0) is 14.8 Å². The standard InChI is InChI=1S/C20H23NO6S/c1-27-20(24)14-3-2-4-17(11-14)28(25,26)21-15-7-5-13(6-8-15)18-10-9-16(22)12-19(18)23/h2-4,9-13,15,21-23H,5-8H2,1H3/t13-,15+. The van der Waals surface area contributed by atoms with Crippen LogP contribution in [0.3, 0.4) is 0 Å². The van der Waals surface area contributed by atoms with E-state index in [1.807, 2.05) is 0 Å². The summed E-state index contributed by atoms with van der Waals surface area (Å²) in [6.07, 6.45) is 2.68. The number of phenolic OH excluding ortho intramolecular Hbond substituents is 2. The van der Waals surface area contributed by atoms with Crippen molar-refractivity contribution in [2.24, 2.45) is 0 Å². The Balaban J connectivity index is 1.66. The lowest BCUT2D eigenvalue weighted by atomic mass is 9.81. The van der Waals surface area contributed by atoms with Crippen LogP contribution in [0.2, 0.25) is 0 Å². The summed E-state index contributed by atoms with van der Waals surface area (Å²) < 4.78 is 32.7. The smallest absolute Gasteiger partial charge is 0.337 e. The van der Waals surface area contributed by atoms with Gasteiger partial charge in [-0.15, -0.1) is 0 Å². The normalized spacial score (nSPS) is 19.9. The fourth-order valence-electron chi connectivity index (χ4n) is 3.60. The van der Waals surface area contributed by atoms with Crippen molar-refractivity contribution >= 4 is 16.0 Å². The van der Waals surface area contributed by atoms with E-state index in [1.54, 1.807) is 6.07 Å². The average Bonchev–Trinajstić information content (AvgIpc) is 2.68. The third kappa shape index (κ3) is 4.45. The number of aromatic hydroxyl groups is 2. The Morgan fingerprint density at radius 3 is 2.43 bits per heavy atom. The van der Waals surface area contributed by atoms with Gasteiger partial charge < -0.3 is 14.9 Å². The van der Waals surface area contributed by atoms with Crippen LogP contribution in [0.5, 0.6) is 11.5 Å². The van der Waals surface area contributed by atoms with Gasteiger partial charge in [-0.3, -0.25) is 0 Å². The Kier molecular flexibility index (Phi) is 5.90. The predicted octanol–water partition coefficient (Wildman–Crippen LogP) is 2.89. The van der Waals surface area contributed by atoms with E-state index in [0.717, 1.165) is 5.56 Å². The number of carbonyl (C=O) groups is 1. The molecular weight excluding hydrogens is 382 g/mol. The molecule has 0 radical (unpaired) electrons. The molecule has 150 valence electrons. The largest absolute Gasteiger partial charge is 0.508 e. The molecule has 0 aromatic heterocycles. The van der Waals surface area contributed by atoms with Crippen LogP contribution in [0.4, 0.5) is 0 Å². The Morgan fingerprint density at radius 2 is 1.79 bits per heavy atom. The van der Waals surface area contributed by atoms with E-state index in [0.29, 0.717) is 25.7 Å². The highest BCUT2D eigenvalue weighted by Gasteiger charge is 2.28. The fraction of sp³-hybridized carbons (Fsp3) is 0.350. The van der Waals surface area contributed by atoms with Crippen LogP contribution in [0.15, 0.2) is 47.4 Å². The average molecular weight is 405 g/mol. The molecule has 0 amide bonds. The first-order valence-corrected chi connectivity index (χ1v) is 10.5. The minimum Gasteiger partial charge on any atom is -0.508 e. The molecule has 3 N–H and O–H groups in total. The summed E-state index contributed by atoms with van der Waals surface area (Å²) in [4.78, 5) is 11.7. The lowest BCUT2D eigenvalue weighted by Crippen LogP contribution is -2.37. The van der Waals surface area contributed by atoms with Crippen molar-refractivity contribution < 1.29 is 28.2 Å². The van der Waals surface area contributed by atoms with Gasteiger partial charge in [0.25, 0.3) is 0 Å². The molecule has 3 rings (SSSR count). The van der Waals surface area contributed by atoms with E-state index in [1.165, 1.54) is 43.5 Å². The zero-order chi connectivity index (χ0) is 20.3. The molecule has 1 aliphatic carbocycles. The first kappa shape index (κ1) is 20.2. The van der Waals surface area contributed by atoms with Gasteiger partial charge in [0.2, 0.25) is 10.0 Å². The molecule has 0 unspecified atom stereocenters. The molecule has 0 atom stereocenters. The van der Waals surface area contributed by atoms with Crippen molar-refractivity contribution in [3.63, 3.8) is 0 Å². The summed E-state index contributed by atoms with van der Waals surface area (Å²) in [7, 11) is -2.52.